The molecule has 0 saturated heterocycles. The van der Waals surface area contributed by atoms with E-state index in [2.05, 4.69) is 0 Å². The molecule has 0 atom stereocenters. The van der Waals surface area contributed by atoms with E-state index in [0.29, 0.717) is 10.4 Å². The van der Waals surface area contributed by atoms with E-state index >= 15 is 0 Å². The summed E-state index contributed by atoms with van der Waals surface area (Å²) in [6, 6.07) is 16.9. The quantitative estimate of drug-likeness (QED) is 0.690. The molecule has 5 heteroatoms. The van der Waals surface area contributed by atoms with Crippen LogP contribution in [0.2, 0.25) is 0 Å². The lowest BCUT2D eigenvalue weighted by Gasteiger charge is -1.99. The van der Waals surface area contributed by atoms with Crippen LogP contribution in [0, 0.1) is 0 Å². The monoisotopic (exact) mass is 328 g/mol. The second-order valence-corrected chi connectivity index (χ2v) is 7.05. The number of rotatable bonds is 4. The molecule has 0 fully saturated rings. The minimum absolute atomic E-state index is 0.0623. The minimum atomic E-state index is -0.0623. The summed E-state index contributed by atoms with van der Waals surface area (Å²) in [4.78, 5) is 13.9. The van der Waals surface area contributed by atoms with Gasteiger partial charge in [0.1, 0.15) is 11.5 Å². The topological polar surface area (TPSA) is 57.5 Å². The Balaban J connectivity index is 1.78. The first-order valence-electron chi connectivity index (χ1n) is 6.52. The molecule has 2 aromatic carbocycles. The number of aromatic hydroxyl groups is 2. The van der Waals surface area contributed by atoms with Gasteiger partial charge in [0.2, 0.25) is 5.78 Å². The molecular formula is C17H12O3S2. The molecular weight excluding hydrogens is 316 g/mol. The fourth-order valence-electron chi connectivity index (χ4n) is 1.92. The first kappa shape index (κ1) is 14.7. The molecule has 0 unspecified atom stereocenters. The van der Waals surface area contributed by atoms with Crippen LogP contribution in [0.3, 0.4) is 0 Å². The number of ketones is 1. The number of benzene rings is 2. The van der Waals surface area contributed by atoms with E-state index in [1.165, 1.54) is 35.2 Å². The maximum absolute atomic E-state index is 12.4. The Bertz CT molecular complexity index is 807. The molecule has 110 valence electrons. The van der Waals surface area contributed by atoms with E-state index < -0.39 is 0 Å². The van der Waals surface area contributed by atoms with E-state index in [0.717, 1.165) is 9.10 Å². The van der Waals surface area contributed by atoms with E-state index in [-0.39, 0.29) is 17.3 Å². The molecule has 2 N–H and O–H groups in total. The van der Waals surface area contributed by atoms with Crippen LogP contribution >= 0.6 is 23.1 Å². The van der Waals surface area contributed by atoms with Crippen molar-refractivity contribution in [2.45, 2.75) is 9.10 Å². The van der Waals surface area contributed by atoms with Gasteiger partial charge in [-0.25, -0.2) is 0 Å². The van der Waals surface area contributed by atoms with Crippen molar-refractivity contribution in [1.29, 1.82) is 0 Å². The summed E-state index contributed by atoms with van der Waals surface area (Å²) in [7, 11) is 0. The summed E-state index contributed by atoms with van der Waals surface area (Å²) in [6.07, 6.45) is 0. The summed E-state index contributed by atoms with van der Waals surface area (Å²) >= 11 is 2.91. The van der Waals surface area contributed by atoms with Gasteiger partial charge in [-0.1, -0.05) is 17.8 Å². The summed E-state index contributed by atoms with van der Waals surface area (Å²) in [5.41, 5.74) is 0.550. The minimum Gasteiger partial charge on any atom is -0.508 e. The van der Waals surface area contributed by atoms with E-state index in [1.54, 1.807) is 36.4 Å². The SMILES string of the molecule is O=C(c1ccc(O)cc1)c1ccc(Sc2cccc(O)c2)s1. The molecule has 22 heavy (non-hydrogen) atoms. The Kier molecular flexibility index (Phi) is 4.18. The van der Waals surface area contributed by atoms with Crippen molar-refractivity contribution in [3.8, 4) is 11.5 Å². The summed E-state index contributed by atoms with van der Waals surface area (Å²) in [5, 5.41) is 18.7. The molecule has 0 aliphatic heterocycles. The maximum Gasteiger partial charge on any atom is 0.202 e. The van der Waals surface area contributed by atoms with Gasteiger partial charge >= 0.3 is 0 Å². The Labute approximate surface area is 135 Å². The van der Waals surface area contributed by atoms with Gasteiger partial charge in [0.25, 0.3) is 0 Å². The number of carbonyl (C=O) groups is 1. The van der Waals surface area contributed by atoms with Crippen molar-refractivity contribution >= 4 is 28.9 Å². The van der Waals surface area contributed by atoms with Crippen LogP contribution in [0.1, 0.15) is 15.2 Å². The van der Waals surface area contributed by atoms with Gasteiger partial charge in [-0.15, -0.1) is 11.3 Å². The van der Waals surface area contributed by atoms with Crippen LogP contribution in [0.25, 0.3) is 0 Å². The predicted molar refractivity (Wildman–Crippen MR) is 88.1 cm³/mol. The zero-order valence-corrected chi connectivity index (χ0v) is 13.0. The largest absolute Gasteiger partial charge is 0.508 e. The van der Waals surface area contributed by atoms with Gasteiger partial charge in [0.15, 0.2) is 0 Å². The zero-order valence-electron chi connectivity index (χ0n) is 11.4. The lowest BCUT2D eigenvalue weighted by atomic mass is 10.1. The third kappa shape index (κ3) is 3.32. The first-order valence-corrected chi connectivity index (χ1v) is 8.15. The fourth-order valence-corrected chi connectivity index (χ4v) is 4.03. The van der Waals surface area contributed by atoms with Crippen LogP contribution in [-0.4, -0.2) is 16.0 Å². The van der Waals surface area contributed by atoms with Gasteiger partial charge in [0.05, 0.1) is 9.09 Å². The maximum atomic E-state index is 12.4. The van der Waals surface area contributed by atoms with Crippen molar-refractivity contribution in [3.63, 3.8) is 0 Å². The third-order valence-corrected chi connectivity index (χ3v) is 5.18. The molecule has 0 aliphatic rings. The molecule has 0 amide bonds. The standard InChI is InChI=1S/C17H12O3S2/c18-12-6-4-11(5-7-12)17(20)15-8-9-16(22-15)21-14-3-1-2-13(19)10-14/h1-10,18-19H. The third-order valence-electron chi connectivity index (χ3n) is 2.97. The fraction of sp³-hybridized carbons (Fsp3) is 0. The second kappa shape index (κ2) is 6.25. The van der Waals surface area contributed by atoms with Crippen LogP contribution in [-0.2, 0) is 0 Å². The molecule has 1 aromatic heterocycles. The smallest absolute Gasteiger partial charge is 0.202 e. The van der Waals surface area contributed by atoms with Gasteiger partial charge in [-0.3, -0.25) is 4.79 Å². The molecule has 0 radical (unpaired) electrons. The first-order chi connectivity index (χ1) is 10.6. The molecule has 0 saturated carbocycles. The van der Waals surface area contributed by atoms with Gasteiger partial charge in [-0.05, 0) is 54.6 Å². The highest BCUT2D eigenvalue weighted by Gasteiger charge is 2.12. The Morgan fingerprint density at radius 3 is 2.41 bits per heavy atom. The van der Waals surface area contributed by atoms with Gasteiger partial charge < -0.3 is 10.2 Å². The molecule has 1 heterocycles. The Morgan fingerprint density at radius 2 is 1.68 bits per heavy atom. The second-order valence-electron chi connectivity index (χ2n) is 4.59. The zero-order chi connectivity index (χ0) is 15.5. The van der Waals surface area contributed by atoms with Gasteiger partial charge in [-0.2, -0.15) is 0 Å². The van der Waals surface area contributed by atoms with E-state index in [4.69, 9.17) is 0 Å². The lowest BCUT2D eigenvalue weighted by molar-refractivity contribution is 0.104. The highest BCUT2D eigenvalue weighted by atomic mass is 32.2. The Hall–Kier alpha value is -2.24. The molecule has 0 spiro atoms. The summed E-state index contributed by atoms with van der Waals surface area (Å²) < 4.78 is 0.979. The molecule has 3 aromatic rings. The predicted octanol–water partition coefficient (Wildman–Crippen LogP) is 4.54. The summed E-state index contributed by atoms with van der Waals surface area (Å²) in [5.74, 6) is 0.303. The number of thiophene rings is 1. The van der Waals surface area contributed by atoms with Crippen LogP contribution < -0.4 is 0 Å². The Morgan fingerprint density at radius 1 is 0.909 bits per heavy atom. The molecule has 0 aliphatic carbocycles. The van der Waals surface area contributed by atoms with Crippen molar-refractivity contribution < 1.29 is 15.0 Å². The van der Waals surface area contributed by atoms with Crippen molar-refractivity contribution in [3.05, 3.63) is 71.1 Å². The normalized spacial score (nSPS) is 10.5. The molecule has 3 nitrogen and oxygen atoms in total. The number of hydrogen-bond acceptors (Lipinski definition) is 5. The average Bonchev–Trinajstić information content (AvgIpc) is 2.96. The summed E-state index contributed by atoms with van der Waals surface area (Å²) in [6.45, 7) is 0. The van der Waals surface area contributed by atoms with Crippen molar-refractivity contribution in [2.75, 3.05) is 0 Å². The van der Waals surface area contributed by atoms with Crippen LogP contribution in [0.15, 0.2) is 69.8 Å². The van der Waals surface area contributed by atoms with E-state index in [9.17, 15) is 15.0 Å². The number of phenols is 2. The van der Waals surface area contributed by atoms with Crippen molar-refractivity contribution in [2.24, 2.45) is 0 Å². The molecule has 0 bridgehead atoms. The van der Waals surface area contributed by atoms with Crippen LogP contribution in [0.4, 0.5) is 0 Å². The number of carbonyl (C=O) groups excluding carboxylic acids is 1. The van der Waals surface area contributed by atoms with Crippen LogP contribution in [0.5, 0.6) is 11.5 Å². The average molecular weight is 328 g/mol. The number of hydrogen-bond donors (Lipinski definition) is 2. The highest BCUT2D eigenvalue weighted by Crippen LogP contribution is 2.35. The molecule has 3 rings (SSSR count). The van der Waals surface area contributed by atoms with Gasteiger partial charge in [0, 0.05) is 10.5 Å². The lowest BCUT2D eigenvalue weighted by Crippen LogP contribution is -1.97. The number of phenolic OH excluding ortho intramolecular Hbond substituents is 2. The van der Waals surface area contributed by atoms with E-state index in [1.807, 2.05) is 12.1 Å². The van der Waals surface area contributed by atoms with Crippen molar-refractivity contribution in [1.82, 2.24) is 0 Å². The highest BCUT2D eigenvalue weighted by molar-refractivity contribution is 8.01.